The lowest BCUT2D eigenvalue weighted by atomic mass is 10.1. The highest BCUT2D eigenvalue weighted by Gasteiger charge is 2.09. The minimum absolute atomic E-state index is 0.0115. The lowest BCUT2D eigenvalue weighted by Crippen LogP contribution is -2.26. The van der Waals surface area contributed by atoms with Gasteiger partial charge in [-0.05, 0) is 18.0 Å². The second kappa shape index (κ2) is 5.98. The lowest BCUT2D eigenvalue weighted by molar-refractivity contribution is -0.116. The summed E-state index contributed by atoms with van der Waals surface area (Å²) in [5.74, 6) is 0.0542. The van der Waals surface area contributed by atoms with Crippen LogP contribution in [-0.4, -0.2) is 21.9 Å². The normalized spacial score (nSPS) is 12.2. The third-order valence-corrected chi connectivity index (χ3v) is 2.27. The van der Waals surface area contributed by atoms with Gasteiger partial charge in [0, 0.05) is 18.5 Å². The predicted molar refractivity (Wildman–Crippen MR) is 63.6 cm³/mol. The minimum atomic E-state index is -0.222. The summed E-state index contributed by atoms with van der Waals surface area (Å²) in [4.78, 5) is 18.9. The number of halogens is 2. The van der Waals surface area contributed by atoms with Crippen LogP contribution < -0.4 is 11.1 Å². The van der Waals surface area contributed by atoms with E-state index in [1.54, 1.807) is 0 Å². The summed E-state index contributed by atoms with van der Waals surface area (Å²) in [6.45, 7) is 1.91. The molecule has 1 rings (SSSR count). The molecule has 1 unspecified atom stereocenters. The predicted octanol–water partition coefficient (Wildman–Crippen LogP) is 1.85. The van der Waals surface area contributed by atoms with Crippen molar-refractivity contribution in [3.05, 3.63) is 16.5 Å². The largest absolute Gasteiger partial charge is 0.327 e. The van der Waals surface area contributed by atoms with Crippen LogP contribution in [-0.2, 0) is 4.79 Å². The van der Waals surface area contributed by atoms with E-state index in [1.807, 2.05) is 6.92 Å². The molecule has 0 aliphatic rings. The molecular weight excluding hydrogens is 251 g/mol. The average molecular weight is 263 g/mol. The fourth-order valence-electron chi connectivity index (χ4n) is 1.03. The Morgan fingerprint density at radius 3 is 2.81 bits per heavy atom. The zero-order valence-corrected chi connectivity index (χ0v) is 10.2. The van der Waals surface area contributed by atoms with Gasteiger partial charge in [0.15, 0.2) is 0 Å². The number of aromatic nitrogens is 2. The number of anilines is 1. The molecule has 0 spiro atoms. The van der Waals surface area contributed by atoms with Gasteiger partial charge in [0.25, 0.3) is 0 Å². The fourth-order valence-corrected chi connectivity index (χ4v) is 1.44. The van der Waals surface area contributed by atoms with Crippen molar-refractivity contribution in [2.24, 2.45) is 5.73 Å². The molecule has 1 aromatic heterocycles. The Labute approximate surface area is 103 Å². The van der Waals surface area contributed by atoms with E-state index >= 15 is 0 Å². The van der Waals surface area contributed by atoms with Crippen LogP contribution >= 0.6 is 23.2 Å². The summed E-state index contributed by atoms with van der Waals surface area (Å²) in [6, 6.07) is 1.26. The molecule has 1 heterocycles. The van der Waals surface area contributed by atoms with Crippen molar-refractivity contribution in [1.29, 1.82) is 0 Å². The summed E-state index contributed by atoms with van der Waals surface area (Å²) in [5, 5.41) is 2.71. The van der Waals surface area contributed by atoms with E-state index in [0.29, 0.717) is 0 Å². The van der Waals surface area contributed by atoms with Crippen molar-refractivity contribution in [2.45, 2.75) is 25.8 Å². The molecule has 0 radical (unpaired) electrons. The van der Waals surface area contributed by atoms with Gasteiger partial charge in [0.2, 0.25) is 11.2 Å². The highest BCUT2D eigenvalue weighted by Crippen LogP contribution is 2.14. The second-order valence-corrected chi connectivity index (χ2v) is 3.99. The maximum atomic E-state index is 11.5. The number of hydrogen-bond acceptors (Lipinski definition) is 4. The lowest BCUT2D eigenvalue weighted by Gasteiger charge is -2.08. The molecule has 0 bridgehead atoms. The highest BCUT2D eigenvalue weighted by molar-refractivity contribution is 6.32. The van der Waals surface area contributed by atoms with Crippen molar-refractivity contribution in [3.63, 3.8) is 0 Å². The molecule has 0 saturated heterocycles. The Kier molecular flexibility index (Phi) is 4.92. The number of carbonyl (C=O) groups is 1. The van der Waals surface area contributed by atoms with E-state index in [9.17, 15) is 4.79 Å². The molecule has 88 valence electrons. The van der Waals surface area contributed by atoms with Crippen LogP contribution in [0.25, 0.3) is 0 Å². The van der Waals surface area contributed by atoms with Crippen LogP contribution in [0.1, 0.15) is 19.8 Å². The molecule has 1 aromatic rings. The summed E-state index contributed by atoms with van der Waals surface area (Å²) in [6.07, 6.45) is 0.967. The molecule has 1 atom stereocenters. The average Bonchev–Trinajstić information content (AvgIpc) is 2.15. The first kappa shape index (κ1) is 13.2. The van der Waals surface area contributed by atoms with Gasteiger partial charge in [-0.3, -0.25) is 4.79 Å². The standard InChI is InChI=1S/C9H12Cl2N4O/c1-2-5(12)3-8(16)14-7-4-6(10)13-9(11)15-7/h4-5H,2-3,12H2,1H3,(H,13,14,15,16). The second-order valence-electron chi connectivity index (χ2n) is 3.27. The molecule has 0 fully saturated rings. The number of hydrogen-bond donors (Lipinski definition) is 2. The minimum Gasteiger partial charge on any atom is -0.327 e. The number of nitrogens with two attached hydrogens (primary N) is 1. The monoisotopic (exact) mass is 262 g/mol. The van der Waals surface area contributed by atoms with Crippen LogP contribution in [0.15, 0.2) is 6.07 Å². The van der Waals surface area contributed by atoms with Crippen LogP contribution in [0.2, 0.25) is 10.4 Å². The molecule has 0 aliphatic heterocycles. The molecule has 5 nitrogen and oxygen atoms in total. The van der Waals surface area contributed by atoms with Gasteiger partial charge in [0.1, 0.15) is 11.0 Å². The molecule has 1 amide bonds. The highest BCUT2D eigenvalue weighted by atomic mass is 35.5. The molecule has 0 aromatic carbocycles. The quantitative estimate of drug-likeness (QED) is 0.641. The van der Waals surface area contributed by atoms with Crippen molar-refractivity contribution in [3.8, 4) is 0 Å². The third-order valence-electron chi connectivity index (χ3n) is 1.91. The molecule has 0 aliphatic carbocycles. The molecule has 3 N–H and O–H groups in total. The first-order valence-electron chi connectivity index (χ1n) is 4.76. The van der Waals surface area contributed by atoms with Gasteiger partial charge >= 0.3 is 0 Å². The first-order chi connectivity index (χ1) is 7.51. The van der Waals surface area contributed by atoms with Gasteiger partial charge in [-0.2, -0.15) is 0 Å². The summed E-state index contributed by atoms with van der Waals surface area (Å²) < 4.78 is 0. The van der Waals surface area contributed by atoms with Crippen LogP contribution in [0.3, 0.4) is 0 Å². The van der Waals surface area contributed by atoms with Gasteiger partial charge in [-0.15, -0.1) is 0 Å². The Morgan fingerprint density at radius 2 is 2.25 bits per heavy atom. The maximum Gasteiger partial charge on any atom is 0.227 e. The van der Waals surface area contributed by atoms with E-state index in [2.05, 4.69) is 15.3 Å². The van der Waals surface area contributed by atoms with E-state index in [4.69, 9.17) is 28.9 Å². The summed E-state index contributed by atoms with van der Waals surface area (Å²) in [7, 11) is 0. The van der Waals surface area contributed by atoms with Gasteiger partial charge in [0.05, 0.1) is 0 Å². The van der Waals surface area contributed by atoms with Crippen molar-refractivity contribution in [2.75, 3.05) is 5.32 Å². The Bertz CT molecular complexity index is 366. The van der Waals surface area contributed by atoms with Crippen molar-refractivity contribution in [1.82, 2.24) is 9.97 Å². The molecule has 7 heteroatoms. The van der Waals surface area contributed by atoms with Crippen molar-refractivity contribution < 1.29 is 4.79 Å². The van der Waals surface area contributed by atoms with E-state index in [-0.39, 0.29) is 34.6 Å². The Hall–Kier alpha value is -0.910. The number of rotatable bonds is 4. The molecule has 16 heavy (non-hydrogen) atoms. The number of carbonyl (C=O) groups excluding carboxylic acids is 1. The van der Waals surface area contributed by atoms with Gasteiger partial charge < -0.3 is 11.1 Å². The molecule has 0 saturated carbocycles. The first-order valence-corrected chi connectivity index (χ1v) is 5.52. The van der Waals surface area contributed by atoms with Gasteiger partial charge in [-0.25, -0.2) is 9.97 Å². The fraction of sp³-hybridized carbons (Fsp3) is 0.444. The maximum absolute atomic E-state index is 11.5. The zero-order valence-electron chi connectivity index (χ0n) is 8.70. The van der Waals surface area contributed by atoms with E-state index in [0.717, 1.165) is 6.42 Å². The smallest absolute Gasteiger partial charge is 0.227 e. The van der Waals surface area contributed by atoms with E-state index < -0.39 is 0 Å². The Morgan fingerprint density at radius 1 is 1.56 bits per heavy atom. The third kappa shape index (κ3) is 4.30. The van der Waals surface area contributed by atoms with Gasteiger partial charge in [-0.1, -0.05) is 18.5 Å². The number of nitrogens with zero attached hydrogens (tertiary/aromatic N) is 2. The van der Waals surface area contributed by atoms with Crippen LogP contribution in [0.5, 0.6) is 0 Å². The number of nitrogens with one attached hydrogen (secondary N) is 1. The number of amides is 1. The summed E-state index contributed by atoms with van der Waals surface area (Å²) >= 11 is 11.2. The van der Waals surface area contributed by atoms with Crippen molar-refractivity contribution >= 4 is 34.9 Å². The van der Waals surface area contributed by atoms with E-state index in [1.165, 1.54) is 6.07 Å². The van der Waals surface area contributed by atoms with Crippen LogP contribution in [0, 0.1) is 0 Å². The SMILES string of the molecule is CCC(N)CC(=O)Nc1cc(Cl)nc(Cl)n1. The Balaban J connectivity index is 2.62. The topological polar surface area (TPSA) is 80.9 Å². The molecular formula is C9H12Cl2N4O. The van der Waals surface area contributed by atoms with Crippen LogP contribution in [0.4, 0.5) is 5.82 Å². The zero-order chi connectivity index (χ0) is 12.1. The summed E-state index contributed by atoms with van der Waals surface area (Å²) in [5.41, 5.74) is 5.64.